The van der Waals surface area contributed by atoms with Crippen LogP contribution in [0.5, 0.6) is 5.75 Å². The summed E-state index contributed by atoms with van der Waals surface area (Å²) in [6.45, 7) is 5.91. The molecule has 0 spiro atoms. The van der Waals surface area contributed by atoms with E-state index in [9.17, 15) is 4.79 Å². The summed E-state index contributed by atoms with van der Waals surface area (Å²) in [5.74, 6) is 0.419. The van der Waals surface area contributed by atoms with Gasteiger partial charge in [0.15, 0.2) is 6.61 Å². The molecule has 1 unspecified atom stereocenters. The third-order valence-corrected chi connectivity index (χ3v) is 2.78. The molecule has 0 aliphatic carbocycles. The van der Waals surface area contributed by atoms with Gasteiger partial charge in [0.2, 0.25) is 0 Å². The van der Waals surface area contributed by atoms with E-state index in [4.69, 9.17) is 16.3 Å². The Morgan fingerprint density at radius 3 is 2.88 bits per heavy atom. The van der Waals surface area contributed by atoms with Crippen molar-refractivity contribution in [3.05, 3.63) is 28.8 Å². The molecule has 0 saturated heterocycles. The number of halogens is 1. The highest BCUT2D eigenvalue weighted by Gasteiger charge is 2.08. The molecule has 94 valence electrons. The molecule has 1 aromatic rings. The summed E-state index contributed by atoms with van der Waals surface area (Å²) >= 11 is 5.96. The van der Waals surface area contributed by atoms with Crippen molar-refractivity contribution >= 4 is 17.5 Å². The lowest BCUT2D eigenvalue weighted by molar-refractivity contribution is -0.123. The normalized spacial score (nSPS) is 12.0. The maximum Gasteiger partial charge on any atom is 0.258 e. The number of amides is 1. The van der Waals surface area contributed by atoms with Gasteiger partial charge in [-0.3, -0.25) is 4.79 Å². The predicted molar refractivity (Wildman–Crippen MR) is 69.6 cm³/mol. The highest BCUT2D eigenvalue weighted by Crippen LogP contribution is 2.24. The molecule has 0 aromatic heterocycles. The summed E-state index contributed by atoms with van der Waals surface area (Å²) in [4.78, 5) is 11.5. The molecule has 1 atom stereocenters. The Morgan fingerprint density at radius 2 is 2.24 bits per heavy atom. The topological polar surface area (TPSA) is 38.3 Å². The van der Waals surface area contributed by atoms with E-state index in [-0.39, 0.29) is 18.6 Å². The first-order chi connectivity index (χ1) is 8.02. The maximum atomic E-state index is 11.5. The molecular formula is C13H18ClNO2. The maximum absolute atomic E-state index is 11.5. The minimum Gasteiger partial charge on any atom is -0.482 e. The van der Waals surface area contributed by atoms with Crippen LogP contribution >= 0.6 is 11.6 Å². The van der Waals surface area contributed by atoms with Crippen LogP contribution in [0.2, 0.25) is 5.02 Å². The first-order valence-electron chi connectivity index (χ1n) is 5.71. The number of hydrogen-bond donors (Lipinski definition) is 1. The van der Waals surface area contributed by atoms with Crippen molar-refractivity contribution in [3.63, 3.8) is 0 Å². The van der Waals surface area contributed by atoms with Crippen LogP contribution in [0.4, 0.5) is 0 Å². The summed E-state index contributed by atoms with van der Waals surface area (Å²) < 4.78 is 5.38. The van der Waals surface area contributed by atoms with Crippen molar-refractivity contribution in [3.8, 4) is 5.75 Å². The van der Waals surface area contributed by atoms with Crippen LogP contribution in [0, 0.1) is 6.92 Å². The Morgan fingerprint density at radius 1 is 1.53 bits per heavy atom. The number of nitrogens with one attached hydrogen (secondary N) is 1. The molecule has 0 bridgehead atoms. The van der Waals surface area contributed by atoms with Gasteiger partial charge in [-0.15, -0.1) is 0 Å². The van der Waals surface area contributed by atoms with Gasteiger partial charge in [0.1, 0.15) is 5.75 Å². The van der Waals surface area contributed by atoms with Crippen molar-refractivity contribution in [1.82, 2.24) is 5.32 Å². The van der Waals surface area contributed by atoms with E-state index in [2.05, 4.69) is 5.32 Å². The van der Waals surface area contributed by atoms with Crippen LogP contribution in [0.1, 0.15) is 25.8 Å². The van der Waals surface area contributed by atoms with Crippen LogP contribution in [0.3, 0.4) is 0 Å². The van der Waals surface area contributed by atoms with E-state index >= 15 is 0 Å². The molecule has 0 aliphatic rings. The van der Waals surface area contributed by atoms with Crippen molar-refractivity contribution in [1.29, 1.82) is 0 Å². The van der Waals surface area contributed by atoms with E-state index in [1.165, 1.54) is 0 Å². The minimum atomic E-state index is -0.128. The van der Waals surface area contributed by atoms with Crippen molar-refractivity contribution in [2.75, 3.05) is 6.61 Å². The second-order valence-corrected chi connectivity index (χ2v) is 4.51. The molecule has 3 nitrogen and oxygen atoms in total. The molecule has 17 heavy (non-hydrogen) atoms. The molecular weight excluding hydrogens is 238 g/mol. The van der Waals surface area contributed by atoms with Gasteiger partial charge >= 0.3 is 0 Å². The third kappa shape index (κ3) is 4.65. The first-order valence-corrected chi connectivity index (χ1v) is 6.09. The van der Waals surface area contributed by atoms with E-state index < -0.39 is 0 Å². The number of carbonyl (C=O) groups is 1. The lowest BCUT2D eigenvalue weighted by atomic mass is 10.2. The standard InChI is InChI=1S/C13H18ClNO2/c1-4-10(3)15-13(16)8-17-12-7-9(2)5-6-11(12)14/h5-7,10H,4,8H2,1-3H3,(H,15,16). The Kier molecular flexibility index (Phi) is 5.29. The predicted octanol–water partition coefficient (Wildman–Crippen LogP) is 2.94. The Balaban J connectivity index is 2.50. The number of benzene rings is 1. The van der Waals surface area contributed by atoms with Gasteiger partial charge in [-0.05, 0) is 38.0 Å². The quantitative estimate of drug-likeness (QED) is 0.879. The van der Waals surface area contributed by atoms with Crippen LogP contribution in [0.15, 0.2) is 18.2 Å². The summed E-state index contributed by atoms with van der Waals surface area (Å²) in [5.41, 5.74) is 1.05. The summed E-state index contributed by atoms with van der Waals surface area (Å²) in [7, 11) is 0. The van der Waals surface area contributed by atoms with E-state index in [1.807, 2.05) is 32.9 Å². The number of hydrogen-bond acceptors (Lipinski definition) is 2. The molecule has 0 saturated carbocycles. The van der Waals surface area contributed by atoms with Crippen molar-refractivity contribution < 1.29 is 9.53 Å². The average molecular weight is 256 g/mol. The second-order valence-electron chi connectivity index (χ2n) is 4.10. The largest absolute Gasteiger partial charge is 0.482 e. The van der Waals surface area contributed by atoms with Gasteiger partial charge in [-0.2, -0.15) is 0 Å². The van der Waals surface area contributed by atoms with E-state index in [0.29, 0.717) is 10.8 Å². The van der Waals surface area contributed by atoms with Crippen molar-refractivity contribution in [2.24, 2.45) is 0 Å². The molecule has 1 rings (SSSR count). The number of carbonyl (C=O) groups excluding carboxylic acids is 1. The van der Waals surface area contributed by atoms with Gasteiger partial charge in [0.05, 0.1) is 5.02 Å². The second kappa shape index (κ2) is 6.50. The van der Waals surface area contributed by atoms with Gasteiger partial charge in [0, 0.05) is 6.04 Å². The zero-order valence-corrected chi connectivity index (χ0v) is 11.2. The Hall–Kier alpha value is -1.22. The first kappa shape index (κ1) is 13.8. The minimum absolute atomic E-state index is 0.00644. The molecule has 0 heterocycles. The van der Waals surface area contributed by atoms with Crippen LogP contribution < -0.4 is 10.1 Å². The Labute approximate surface area is 107 Å². The van der Waals surface area contributed by atoms with Gasteiger partial charge in [-0.25, -0.2) is 0 Å². The zero-order valence-electron chi connectivity index (χ0n) is 10.4. The summed E-state index contributed by atoms with van der Waals surface area (Å²) in [6.07, 6.45) is 0.900. The zero-order chi connectivity index (χ0) is 12.8. The van der Waals surface area contributed by atoms with Crippen molar-refractivity contribution in [2.45, 2.75) is 33.2 Å². The van der Waals surface area contributed by atoms with Gasteiger partial charge in [0.25, 0.3) is 5.91 Å². The number of ether oxygens (including phenoxy) is 1. The molecule has 4 heteroatoms. The van der Waals surface area contributed by atoms with Crippen LogP contribution in [0.25, 0.3) is 0 Å². The Bertz CT molecular complexity index is 393. The number of aryl methyl sites for hydroxylation is 1. The third-order valence-electron chi connectivity index (χ3n) is 2.47. The monoisotopic (exact) mass is 255 g/mol. The van der Waals surface area contributed by atoms with Crippen LogP contribution in [-0.4, -0.2) is 18.6 Å². The molecule has 1 N–H and O–H groups in total. The SMILES string of the molecule is CCC(C)NC(=O)COc1cc(C)ccc1Cl. The average Bonchev–Trinajstić information content (AvgIpc) is 2.30. The smallest absolute Gasteiger partial charge is 0.258 e. The fourth-order valence-electron chi connectivity index (χ4n) is 1.28. The number of rotatable bonds is 5. The molecule has 0 radical (unpaired) electrons. The molecule has 1 aromatic carbocycles. The highest BCUT2D eigenvalue weighted by atomic mass is 35.5. The highest BCUT2D eigenvalue weighted by molar-refractivity contribution is 6.32. The van der Waals surface area contributed by atoms with E-state index in [1.54, 1.807) is 6.07 Å². The summed E-state index contributed by atoms with van der Waals surface area (Å²) in [5, 5.41) is 3.35. The van der Waals surface area contributed by atoms with Crippen LogP contribution in [-0.2, 0) is 4.79 Å². The molecule has 0 aliphatic heterocycles. The lowest BCUT2D eigenvalue weighted by Crippen LogP contribution is -2.35. The molecule has 0 fully saturated rings. The van der Waals surface area contributed by atoms with Gasteiger partial charge < -0.3 is 10.1 Å². The lowest BCUT2D eigenvalue weighted by Gasteiger charge is -2.12. The fraction of sp³-hybridized carbons (Fsp3) is 0.462. The fourth-order valence-corrected chi connectivity index (χ4v) is 1.46. The summed E-state index contributed by atoms with van der Waals surface area (Å²) in [6, 6.07) is 5.64. The van der Waals surface area contributed by atoms with Gasteiger partial charge in [-0.1, -0.05) is 24.6 Å². The van der Waals surface area contributed by atoms with E-state index in [0.717, 1.165) is 12.0 Å². The molecule has 1 amide bonds.